The first-order valence-corrected chi connectivity index (χ1v) is 9.10. The molecule has 1 amide bonds. The molecule has 7 nitrogen and oxygen atoms in total. The summed E-state index contributed by atoms with van der Waals surface area (Å²) in [6, 6.07) is 1.67. The van der Waals surface area contributed by atoms with Crippen molar-refractivity contribution in [3.63, 3.8) is 0 Å². The van der Waals surface area contributed by atoms with E-state index in [-0.39, 0.29) is 12.1 Å². The molecular weight excluding hydrogens is 338 g/mol. The van der Waals surface area contributed by atoms with E-state index in [4.69, 9.17) is 0 Å². The molecule has 0 bridgehead atoms. The minimum Gasteiger partial charge on any atom is -0.480 e. The summed E-state index contributed by atoms with van der Waals surface area (Å²) >= 11 is 3.03. The van der Waals surface area contributed by atoms with Crippen molar-refractivity contribution in [2.24, 2.45) is 0 Å². The topological polar surface area (TPSA) is 101 Å². The molecule has 1 aliphatic rings. The Kier molecular flexibility index (Phi) is 4.40. The van der Waals surface area contributed by atoms with E-state index < -0.39 is 17.4 Å². The number of carbonyl (C=O) groups is 2. The molecule has 1 aliphatic heterocycles. The highest BCUT2D eigenvalue weighted by molar-refractivity contribution is 7.99. The Bertz CT molecular complexity index is 808. The molecule has 0 spiro atoms. The molecule has 3 heterocycles. The molecule has 3 rings (SSSR count). The van der Waals surface area contributed by atoms with Gasteiger partial charge < -0.3 is 10.4 Å². The largest absolute Gasteiger partial charge is 0.480 e. The lowest BCUT2D eigenvalue weighted by molar-refractivity contribution is -0.148. The maximum absolute atomic E-state index is 12.3. The number of aliphatic carboxylic acids is 1. The monoisotopic (exact) mass is 353 g/mol. The summed E-state index contributed by atoms with van der Waals surface area (Å²) < 4.78 is 1.21. The molecule has 0 radical (unpaired) electrons. The van der Waals surface area contributed by atoms with Crippen molar-refractivity contribution in [2.75, 3.05) is 11.5 Å². The summed E-state index contributed by atoms with van der Waals surface area (Å²) in [5.41, 5.74) is -1.53. The predicted molar refractivity (Wildman–Crippen MR) is 88.9 cm³/mol. The molecule has 2 N–H and O–H groups in total. The molecular formula is C14H15N3O4S2. The molecule has 122 valence electrons. The number of thiophene rings is 1. The van der Waals surface area contributed by atoms with Gasteiger partial charge in [0.2, 0.25) is 5.91 Å². The van der Waals surface area contributed by atoms with E-state index in [0.717, 1.165) is 0 Å². The third-order valence-electron chi connectivity index (χ3n) is 3.90. The van der Waals surface area contributed by atoms with Gasteiger partial charge in [-0.15, -0.1) is 11.3 Å². The molecule has 9 heteroatoms. The molecule has 2 aromatic rings. The SMILES string of the molecule is O=C(Cn1cnc2sccc2c1=O)NC1(C(=O)O)CCSCC1. The number of carboxylic acid groups (broad SMARTS) is 1. The van der Waals surface area contributed by atoms with Gasteiger partial charge in [-0.2, -0.15) is 11.8 Å². The number of carbonyl (C=O) groups excluding carboxylic acids is 1. The van der Waals surface area contributed by atoms with E-state index in [1.54, 1.807) is 23.2 Å². The van der Waals surface area contributed by atoms with Crippen LogP contribution in [-0.2, 0) is 16.1 Å². The van der Waals surface area contributed by atoms with Crippen LogP contribution in [0.5, 0.6) is 0 Å². The highest BCUT2D eigenvalue weighted by atomic mass is 32.2. The Morgan fingerprint density at radius 3 is 2.83 bits per heavy atom. The van der Waals surface area contributed by atoms with Crippen molar-refractivity contribution < 1.29 is 14.7 Å². The number of aromatic nitrogens is 2. The molecule has 0 aromatic carbocycles. The molecule has 0 atom stereocenters. The van der Waals surface area contributed by atoms with E-state index in [1.807, 2.05) is 0 Å². The summed E-state index contributed by atoms with van der Waals surface area (Å²) in [5, 5.41) is 14.3. The van der Waals surface area contributed by atoms with Crippen LogP contribution in [-0.4, -0.2) is 43.6 Å². The first-order valence-electron chi connectivity index (χ1n) is 7.07. The summed E-state index contributed by atoms with van der Waals surface area (Å²) in [4.78, 5) is 40.8. The Labute approximate surface area is 139 Å². The quantitative estimate of drug-likeness (QED) is 0.848. The van der Waals surface area contributed by atoms with E-state index >= 15 is 0 Å². The molecule has 2 aromatic heterocycles. The Morgan fingerprint density at radius 1 is 1.39 bits per heavy atom. The minimum absolute atomic E-state index is 0.236. The third-order valence-corrected chi connectivity index (χ3v) is 5.71. The summed E-state index contributed by atoms with van der Waals surface area (Å²) in [6.07, 6.45) is 2.09. The zero-order valence-electron chi connectivity index (χ0n) is 12.2. The molecule has 0 saturated carbocycles. The van der Waals surface area contributed by atoms with Crippen LogP contribution < -0.4 is 10.9 Å². The summed E-state index contributed by atoms with van der Waals surface area (Å²) in [7, 11) is 0. The molecule has 23 heavy (non-hydrogen) atoms. The Morgan fingerprint density at radius 2 is 2.13 bits per heavy atom. The fraction of sp³-hybridized carbons (Fsp3) is 0.429. The van der Waals surface area contributed by atoms with Gasteiger partial charge in [-0.3, -0.25) is 14.2 Å². The zero-order chi connectivity index (χ0) is 16.4. The summed E-state index contributed by atoms with van der Waals surface area (Å²) in [5.74, 6) is -0.133. The number of rotatable bonds is 4. The highest BCUT2D eigenvalue weighted by Gasteiger charge is 2.41. The van der Waals surface area contributed by atoms with Crippen LogP contribution in [0.1, 0.15) is 12.8 Å². The van der Waals surface area contributed by atoms with E-state index in [0.29, 0.717) is 34.6 Å². The number of amides is 1. The maximum Gasteiger partial charge on any atom is 0.329 e. The van der Waals surface area contributed by atoms with Gasteiger partial charge in [0.1, 0.15) is 16.9 Å². The average Bonchev–Trinajstić information content (AvgIpc) is 3.00. The highest BCUT2D eigenvalue weighted by Crippen LogP contribution is 2.27. The van der Waals surface area contributed by atoms with Crippen molar-refractivity contribution in [1.82, 2.24) is 14.9 Å². The van der Waals surface area contributed by atoms with Crippen molar-refractivity contribution >= 4 is 45.2 Å². The van der Waals surface area contributed by atoms with E-state index in [2.05, 4.69) is 10.3 Å². The average molecular weight is 353 g/mol. The van der Waals surface area contributed by atoms with Gasteiger partial charge in [-0.1, -0.05) is 0 Å². The number of nitrogens with one attached hydrogen (secondary N) is 1. The van der Waals surface area contributed by atoms with Gasteiger partial charge in [0.15, 0.2) is 0 Å². The van der Waals surface area contributed by atoms with Gasteiger partial charge in [0.05, 0.1) is 11.7 Å². The Balaban J connectivity index is 1.78. The first-order chi connectivity index (χ1) is 11.0. The molecule has 1 fully saturated rings. The molecule has 0 aliphatic carbocycles. The standard InChI is InChI=1S/C14H15N3O4S2/c18-10(16-14(13(20)21)2-5-22-6-3-14)7-17-8-15-11-9(12(17)19)1-4-23-11/h1,4,8H,2-3,5-7H2,(H,16,18)(H,20,21). The number of carboxylic acids is 1. The second-order valence-corrected chi connectivity index (χ2v) is 7.48. The Hall–Kier alpha value is -1.87. The lowest BCUT2D eigenvalue weighted by Gasteiger charge is -2.33. The second-order valence-electron chi connectivity index (χ2n) is 5.36. The minimum atomic E-state index is -1.23. The lowest BCUT2D eigenvalue weighted by atomic mass is 9.92. The second kappa shape index (κ2) is 6.32. The van der Waals surface area contributed by atoms with Gasteiger partial charge in [-0.25, -0.2) is 9.78 Å². The van der Waals surface area contributed by atoms with Crippen LogP contribution in [0.2, 0.25) is 0 Å². The van der Waals surface area contributed by atoms with Crippen molar-refractivity contribution in [1.29, 1.82) is 0 Å². The van der Waals surface area contributed by atoms with Gasteiger partial charge in [0, 0.05) is 0 Å². The number of hydrogen-bond acceptors (Lipinski definition) is 6. The van der Waals surface area contributed by atoms with Crippen molar-refractivity contribution in [3.05, 3.63) is 28.1 Å². The summed E-state index contributed by atoms with van der Waals surface area (Å²) in [6.45, 7) is -0.236. The fourth-order valence-corrected chi connectivity index (χ4v) is 4.49. The van der Waals surface area contributed by atoms with Crippen LogP contribution >= 0.6 is 23.1 Å². The fourth-order valence-electron chi connectivity index (χ4n) is 2.58. The number of hydrogen-bond donors (Lipinski definition) is 2. The van der Waals surface area contributed by atoms with Gasteiger partial charge >= 0.3 is 5.97 Å². The molecule has 1 saturated heterocycles. The van der Waals surface area contributed by atoms with Crippen LogP contribution in [0, 0.1) is 0 Å². The number of nitrogens with zero attached hydrogens (tertiary/aromatic N) is 2. The van der Waals surface area contributed by atoms with Crippen LogP contribution in [0.3, 0.4) is 0 Å². The normalized spacial score (nSPS) is 17.0. The van der Waals surface area contributed by atoms with Crippen molar-refractivity contribution in [2.45, 2.75) is 24.9 Å². The van der Waals surface area contributed by atoms with Gasteiger partial charge in [0.25, 0.3) is 5.56 Å². The first kappa shape index (κ1) is 16.0. The number of fused-ring (bicyclic) bond motifs is 1. The smallest absolute Gasteiger partial charge is 0.329 e. The predicted octanol–water partition coefficient (Wildman–Crippen LogP) is 0.925. The lowest BCUT2D eigenvalue weighted by Crippen LogP contribution is -2.57. The number of thioether (sulfide) groups is 1. The van der Waals surface area contributed by atoms with Crippen LogP contribution in [0.4, 0.5) is 0 Å². The zero-order valence-corrected chi connectivity index (χ0v) is 13.8. The van der Waals surface area contributed by atoms with Crippen LogP contribution in [0.25, 0.3) is 10.2 Å². The van der Waals surface area contributed by atoms with Gasteiger partial charge in [-0.05, 0) is 35.8 Å². The van der Waals surface area contributed by atoms with Crippen molar-refractivity contribution in [3.8, 4) is 0 Å². The maximum atomic E-state index is 12.3. The molecule has 0 unspecified atom stereocenters. The third kappa shape index (κ3) is 3.11. The van der Waals surface area contributed by atoms with Crippen LogP contribution in [0.15, 0.2) is 22.6 Å². The van der Waals surface area contributed by atoms with E-state index in [1.165, 1.54) is 22.2 Å². The van der Waals surface area contributed by atoms with E-state index in [9.17, 15) is 19.5 Å².